The van der Waals surface area contributed by atoms with E-state index in [1.807, 2.05) is 68.9 Å². The first-order valence-electron chi connectivity index (χ1n) is 14.7. The standard InChI is InChI=1S/C30H34N8O.C2H6/c1-5-12-30(6-2)13-7-14-38(30)29-31-17-24-27(36-29)28(33-18-32-24)35-21-8-11-26(20(3)15-21)39-22-9-10-25-23(16-22)34-19-37(25)4;1-2/h8-11,15-19H,5-7,12-14H2,1-4H3,(H,32,33,35);1-2H3. The number of ether oxygens (including phenoxy) is 1. The number of imidazole rings is 1. The Labute approximate surface area is 242 Å². The number of aromatic nitrogens is 6. The van der Waals surface area contributed by atoms with Gasteiger partial charge in [0, 0.05) is 30.9 Å². The van der Waals surface area contributed by atoms with Crippen molar-refractivity contribution in [3.63, 3.8) is 0 Å². The topological polar surface area (TPSA) is 93.9 Å². The summed E-state index contributed by atoms with van der Waals surface area (Å²) in [5, 5.41) is 3.46. The van der Waals surface area contributed by atoms with E-state index in [1.54, 1.807) is 12.7 Å². The molecule has 5 aromatic rings. The minimum absolute atomic E-state index is 0.125. The van der Waals surface area contributed by atoms with Gasteiger partial charge < -0.3 is 19.5 Å². The molecule has 1 atom stereocenters. The second-order valence-corrected chi connectivity index (χ2v) is 10.4. The molecule has 0 amide bonds. The van der Waals surface area contributed by atoms with Crippen molar-refractivity contribution in [2.75, 3.05) is 16.8 Å². The molecule has 1 aliphatic rings. The number of anilines is 3. The third-order valence-corrected chi connectivity index (χ3v) is 7.94. The number of hydrogen-bond acceptors (Lipinski definition) is 8. The fourth-order valence-corrected chi connectivity index (χ4v) is 5.87. The van der Waals surface area contributed by atoms with Gasteiger partial charge in [0.2, 0.25) is 5.95 Å². The molecule has 214 valence electrons. The van der Waals surface area contributed by atoms with E-state index in [4.69, 9.17) is 14.7 Å². The van der Waals surface area contributed by atoms with Gasteiger partial charge in [-0.25, -0.2) is 24.9 Å². The molecule has 0 aliphatic carbocycles. The van der Waals surface area contributed by atoms with E-state index in [0.717, 1.165) is 83.0 Å². The lowest BCUT2D eigenvalue weighted by Crippen LogP contribution is -2.44. The Morgan fingerprint density at radius 3 is 2.63 bits per heavy atom. The van der Waals surface area contributed by atoms with Gasteiger partial charge in [-0.15, -0.1) is 0 Å². The molecular formula is C32H40N8O. The Morgan fingerprint density at radius 1 is 1.00 bits per heavy atom. The van der Waals surface area contributed by atoms with E-state index >= 15 is 0 Å². The number of aryl methyl sites for hydroxylation is 2. The Morgan fingerprint density at radius 2 is 1.85 bits per heavy atom. The first kappa shape index (κ1) is 28.3. The second kappa shape index (κ2) is 12.1. The number of nitrogens with one attached hydrogen (secondary N) is 1. The average Bonchev–Trinajstić information content (AvgIpc) is 3.59. The first-order chi connectivity index (χ1) is 20.0. The maximum absolute atomic E-state index is 6.20. The van der Waals surface area contributed by atoms with Crippen LogP contribution in [0.3, 0.4) is 0 Å². The Balaban J connectivity index is 0.00000165. The van der Waals surface area contributed by atoms with Gasteiger partial charge in [-0.2, -0.15) is 0 Å². The van der Waals surface area contributed by atoms with Crippen molar-refractivity contribution in [3.8, 4) is 11.5 Å². The monoisotopic (exact) mass is 552 g/mol. The highest BCUT2D eigenvalue weighted by atomic mass is 16.5. The van der Waals surface area contributed by atoms with Crippen LogP contribution < -0.4 is 15.0 Å². The summed E-state index contributed by atoms with van der Waals surface area (Å²) >= 11 is 0. The summed E-state index contributed by atoms with van der Waals surface area (Å²) < 4.78 is 8.19. The first-order valence-corrected chi connectivity index (χ1v) is 14.7. The van der Waals surface area contributed by atoms with Gasteiger partial charge in [-0.3, -0.25) is 0 Å². The predicted octanol–water partition coefficient (Wildman–Crippen LogP) is 7.73. The zero-order valence-corrected chi connectivity index (χ0v) is 25.0. The minimum Gasteiger partial charge on any atom is -0.457 e. The van der Waals surface area contributed by atoms with Crippen molar-refractivity contribution < 1.29 is 4.74 Å². The van der Waals surface area contributed by atoms with Gasteiger partial charge in [0.05, 0.1) is 23.6 Å². The van der Waals surface area contributed by atoms with Crippen LogP contribution in [0.1, 0.15) is 65.4 Å². The highest BCUT2D eigenvalue weighted by Gasteiger charge is 2.40. The molecular weight excluding hydrogens is 512 g/mol. The minimum atomic E-state index is 0.125. The summed E-state index contributed by atoms with van der Waals surface area (Å²) in [4.78, 5) is 25.5. The number of nitrogens with zero attached hydrogens (tertiary/aromatic N) is 7. The van der Waals surface area contributed by atoms with E-state index < -0.39 is 0 Å². The largest absolute Gasteiger partial charge is 0.457 e. The Kier molecular flexibility index (Phi) is 8.33. The zero-order chi connectivity index (χ0) is 29.0. The number of fused-ring (bicyclic) bond motifs is 2. The zero-order valence-electron chi connectivity index (χ0n) is 25.0. The van der Waals surface area contributed by atoms with Gasteiger partial charge >= 0.3 is 0 Å². The van der Waals surface area contributed by atoms with Crippen molar-refractivity contribution >= 4 is 39.5 Å². The molecule has 0 spiro atoms. The molecule has 0 radical (unpaired) electrons. The SMILES string of the molecule is CC.CCCC1(CC)CCCN1c1ncc2ncnc(Nc3ccc(Oc4ccc5c(c4)ncn5C)c(C)c3)c2n1. The Hall–Kier alpha value is -4.27. The molecule has 0 bridgehead atoms. The fraction of sp³-hybridized carbons (Fsp3) is 0.406. The molecule has 9 heteroatoms. The van der Waals surface area contributed by atoms with E-state index in [0.29, 0.717) is 5.82 Å². The van der Waals surface area contributed by atoms with Crippen molar-refractivity contribution in [2.24, 2.45) is 7.05 Å². The van der Waals surface area contributed by atoms with Crippen molar-refractivity contribution in [3.05, 3.63) is 60.8 Å². The van der Waals surface area contributed by atoms with Gasteiger partial charge in [-0.1, -0.05) is 34.1 Å². The van der Waals surface area contributed by atoms with Crippen LogP contribution in [0, 0.1) is 6.92 Å². The van der Waals surface area contributed by atoms with E-state index in [9.17, 15) is 0 Å². The highest BCUT2D eigenvalue weighted by molar-refractivity contribution is 5.87. The molecule has 4 heterocycles. The van der Waals surface area contributed by atoms with Crippen molar-refractivity contribution in [2.45, 2.75) is 72.3 Å². The third-order valence-electron chi connectivity index (χ3n) is 7.94. The number of hydrogen-bond donors (Lipinski definition) is 1. The van der Waals surface area contributed by atoms with Crippen LogP contribution in [0.5, 0.6) is 11.5 Å². The normalized spacial score (nSPS) is 16.6. The molecule has 1 unspecified atom stereocenters. The molecule has 1 N–H and O–H groups in total. The predicted molar refractivity (Wildman–Crippen MR) is 166 cm³/mol. The number of benzene rings is 2. The molecule has 41 heavy (non-hydrogen) atoms. The maximum atomic E-state index is 6.20. The van der Waals surface area contributed by atoms with Gasteiger partial charge in [0.15, 0.2) is 5.82 Å². The van der Waals surface area contributed by atoms with Crippen LogP contribution in [0.15, 0.2) is 55.2 Å². The molecule has 9 nitrogen and oxygen atoms in total. The van der Waals surface area contributed by atoms with Crippen LogP contribution in [0.2, 0.25) is 0 Å². The highest BCUT2D eigenvalue weighted by Crippen LogP contribution is 2.39. The summed E-state index contributed by atoms with van der Waals surface area (Å²) in [6, 6.07) is 12.0. The van der Waals surface area contributed by atoms with Crippen LogP contribution in [-0.4, -0.2) is 41.6 Å². The van der Waals surface area contributed by atoms with Crippen LogP contribution >= 0.6 is 0 Å². The fourth-order valence-electron chi connectivity index (χ4n) is 5.87. The van der Waals surface area contributed by atoms with E-state index in [2.05, 4.69) is 45.1 Å². The molecule has 0 saturated carbocycles. The summed E-state index contributed by atoms with van der Waals surface area (Å²) in [6.07, 6.45) is 10.9. The summed E-state index contributed by atoms with van der Waals surface area (Å²) in [5.41, 5.74) is 5.43. The van der Waals surface area contributed by atoms with E-state index in [-0.39, 0.29) is 5.54 Å². The van der Waals surface area contributed by atoms with Crippen LogP contribution in [-0.2, 0) is 7.05 Å². The summed E-state index contributed by atoms with van der Waals surface area (Å²) in [6.45, 7) is 11.5. The smallest absolute Gasteiger partial charge is 0.226 e. The summed E-state index contributed by atoms with van der Waals surface area (Å²) in [5.74, 6) is 2.96. The van der Waals surface area contributed by atoms with Gasteiger partial charge in [-0.05, 0) is 68.5 Å². The molecule has 3 aromatic heterocycles. The third kappa shape index (κ3) is 5.53. The molecule has 6 rings (SSSR count). The average molecular weight is 553 g/mol. The van der Waals surface area contributed by atoms with Gasteiger partial charge in [0.25, 0.3) is 0 Å². The van der Waals surface area contributed by atoms with Crippen molar-refractivity contribution in [1.29, 1.82) is 0 Å². The second-order valence-electron chi connectivity index (χ2n) is 10.4. The quantitative estimate of drug-likeness (QED) is 0.209. The lowest BCUT2D eigenvalue weighted by Gasteiger charge is -2.38. The lowest BCUT2D eigenvalue weighted by molar-refractivity contribution is 0.372. The van der Waals surface area contributed by atoms with E-state index in [1.165, 1.54) is 6.42 Å². The molecule has 2 aromatic carbocycles. The summed E-state index contributed by atoms with van der Waals surface area (Å²) in [7, 11) is 1.98. The molecule has 1 saturated heterocycles. The maximum Gasteiger partial charge on any atom is 0.226 e. The Bertz CT molecular complexity index is 1650. The van der Waals surface area contributed by atoms with Gasteiger partial charge in [0.1, 0.15) is 28.9 Å². The lowest BCUT2D eigenvalue weighted by atomic mass is 9.88. The van der Waals surface area contributed by atoms with Crippen LogP contribution in [0.4, 0.5) is 17.5 Å². The van der Waals surface area contributed by atoms with Crippen LogP contribution in [0.25, 0.3) is 22.1 Å². The van der Waals surface area contributed by atoms with Crippen molar-refractivity contribution in [1.82, 2.24) is 29.5 Å². The molecule has 1 fully saturated rings. The molecule has 1 aliphatic heterocycles. The number of rotatable bonds is 8.